The first-order valence-electron chi connectivity index (χ1n) is 4.87. The van der Waals surface area contributed by atoms with Crippen LogP contribution < -0.4 is 0 Å². The smallest absolute Gasteiger partial charge is 0.0830 e. The Morgan fingerprint density at radius 1 is 1.27 bits per heavy atom. The minimum atomic E-state index is 0.286. The van der Waals surface area contributed by atoms with Gasteiger partial charge < -0.3 is 4.74 Å². The van der Waals surface area contributed by atoms with E-state index >= 15 is 0 Å². The van der Waals surface area contributed by atoms with Gasteiger partial charge in [0.05, 0.1) is 12.2 Å². The van der Waals surface area contributed by atoms with E-state index in [-0.39, 0.29) is 6.10 Å². The summed E-state index contributed by atoms with van der Waals surface area (Å²) in [7, 11) is 0. The van der Waals surface area contributed by atoms with Gasteiger partial charge in [0.1, 0.15) is 0 Å². The van der Waals surface area contributed by atoms with E-state index in [1.54, 1.807) is 0 Å². The van der Waals surface area contributed by atoms with Gasteiger partial charge in [0, 0.05) is 13.4 Å². The Kier molecular flexibility index (Phi) is 4.50. The van der Waals surface area contributed by atoms with Gasteiger partial charge in [-0.15, -0.1) is 0 Å². The van der Waals surface area contributed by atoms with E-state index in [1.807, 2.05) is 0 Å². The number of alkyl halides is 1. The van der Waals surface area contributed by atoms with Crippen LogP contribution in [0.3, 0.4) is 0 Å². The van der Waals surface area contributed by atoms with Crippen molar-refractivity contribution < 1.29 is 4.74 Å². The molecule has 0 amide bonds. The second kappa shape index (κ2) is 5.47. The van der Waals surface area contributed by atoms with Gasteiger partial charge in [-0.2, -0.15) is 0 Å². The molecule has 82 valence electrons. The van der Waals surface area contributed by atoms with Crippen LogP contribution >= 0.6 is 54.5 Å². The summed E-state index contributed by atoms with van der Waals surface area (Å²) < 4.78 is 9.23. The molecule has 0 aliphatic carbocycles. The molecule has 0 saturated carbocycles. The van der Waals surface area contributed by atoms with Crippen molar-refractivity contribution in [3.8, 4) is 0 Å². The van der Waals surface area contributed by atoms with E-state index in [1.165, 1.54) is 12.0 Å². The Bertz CT molecular complexity index is 356. The Morgan fingerprint density at radius 2 is 2.07 bits per heavy atom. The SMILES string of the molecule is Brc1ccc(C2CCC(CI)O2)cc1Br. The average Bonchev–Trinajstić information content (AvgIpc) is 2.70. The minimum absolute atomic E-state index is 0.286. The number of ether oxygens (including phenoxy) is 1. The third kappa shape index (κ3) is 2.96. The van der Waals surface area contributed by atoms with Crippen LogP contribution in [0.4, 0.5) is 0 Å². The molecule has 1 saturated heterocycles. The molecule has 1 heterocycles. The van der Waals surface area contributed by atoms with Crippen LogP contribution in [0, 0.1) is 0 Å². The van der Waals surface area contributed by atoms with Crippen molar-refractivity contribution in [3.63, 3.8) is 0 Å². The van der Waals surface area contributed by atoms with E-state index in [4.69, 9.17) is 4.74 Å². The standard InChI is InChI=1S/C11H11Br2IO/c12-9-3-1-7(5-10(9)13)11-4-2-8(6-14)15-11/h1,3,5,8,11H,2,4,6H2. The highest BCUT2D eigenvalue weighted by atomic mass is 127. The normalized spacial score (nSPS) is 25.8. The van der Waals surface area contributed by atoms with Crippen molar-refractivity contribution >= 4 is 54.5 Å². The van der Waals surface area contributed by atoms with Crippen LogP contribution in [0.2, 0.25) is 0 Å². The molecule has 4 heteroatoms. The summed E-state index contributed by atoms with van der Waals surface area (Å²) in [5.41, 5.74) is 1.28. The van der Waals surface area contributed by atoms with Crippen LogP contribution in [-0.2, 0) is 4.74 Å². The van der Waals surface area contributed by atoms with Gasteiger partial charge in [-0.25, -0.2) is 0 Å². The van der Waals surface area contributed by atoms with Gasteiger partial charge in [-0.05, 0) is 62.4 Å². The lowest BCUT2D eigenvalue weighted by atomic mass is 10.1. The molecule has 0 aromatic heterocycles. The average molecular weight is 446 g/mol. The summed E-state index contributed by atoms with van der Waals surface area (Å²) in [5, 5.41) is 0. The molecule has 0 N–H and O–H groups in total. The van der Waals surface area contributed by atoms with Crippen LogP contribution in [0.1, 0.15) is 24.5 Å². The number of hydrogen-bond acceptors (Lipinski definition) is 1. The second-order valence-corrected chi connectivity index (χ2v) is 6.24. The first kappa shape index (κ1) is 12.3. The molecule has 1 aromatic carbocycles. The zero-order chi connectivity index (χ0) is 10.8. The second-order valence-electron chi connectivity index (χ2n) is 3.65. The number of benzene rings is 1. The van der Waals surface area contributed by atoms with Crippen molar-refractivity contribution in [1.82, 2.24) is 0 Å². The highest BCUT2D eigenvalue weighted by molar-refractivity contribution is 14.1. The number of halogens is 3. The molecule has 2 atom stereocenters. The Labute approximate surface area is 120 Å². The number of rotatable bonds is 2. The Morgan fingerprint density at radius 3 is 2.67 bits per heavy atom. The summed E-state index contributed by atoms with van der Waals surface area (Å²) >= 11 is 9.39. The fourth-order valence-electron chi connectivity index (χ4n) is 1.78. The topological polar surface area (TPSA) is 9.23 Å². The molecule has 1 aliphatic heterocycles. The van der Waals surface area contributed by atoms with E-state index < -0.39 is 0 Å². The van der Waals surface area contributed by atoms with Gasteiger partial charge in [0.2, 0.25) is 0 Å². The molecular formula is C11H11Br2IO. The molecule has 2 rings (SSSR count). The lowest BCUT2D eigenvalue weighted by Gasteiger charge is -2.13. The fourth-order valence-corrected chi connectivity index (χ4v) is 3.07. The largest absolute Gasteiger partial charge is 0.370 e. The van der Waals surface area contributed by atoms with Crippen LogP contribution in [0.5, 0.6) is 0 Å². The van der Waals surface area contributed by atoms with E-state index in [9.17, 15) is 0 Å². The van der Waals surface area contributed by atoms with Gasteiger partial charge >= 0.3 is 0 Å². The van der Waals surface area contributed by atoms with Gasteiger partial charge in [-0.3, -0.25) is 0 Å². The highest BCUT2D eigenvalue weighted by Crippen LogP contribution is 2.35. The van der Waals surface area contributed by atoms with Crippen molar-refractivity contribution in [2.75, 3.05) is 4.43 Å². The first-order chi connectivity index (χ1) is 7.20. The zero-order valence-electron chi connectivity index (χ0n) is 8.05. The molecule has 1 aromatic rings. The minimum Gasteiger partial charge on any atom is -0.370 e. The van der Waals surface area contributed by atoms with Gasteiger partial charge in [-0.1, -0.05) is 28.7 Å². The summed E-state index contributed by atoms with van der Waals surface area (Å²) in [6, 6.07) is 6.35. The maximum Gasteiger partial charge on any atom is 0.0830 e. The van der Waals surface area contributed by atoms with Crippen LogP contribution in [0.15, 0.2) is 27.1 Å². The van der Waals surface area contributed by atoms with E-state index in [0.29, 0.717) is 6.10 Å². The third-order valence-electron chi connectivity index (χ3n) is 2.60. The Balaban J connectivity index is 2.13. The quantitative estimate of drug-likeness (QED) is 0.466. The molecule has 0 bridgehead atoms. The Hall–Kier alpha value is 0.870. The van der Waals surface area contributed by atoms with Crippen LogP contribution in [0.25, 0.3) is 0 Å². The van der Waals surface area contributed by atoms with Gasteiger partial charge in [0.15, 0.2) is 0 Å². The predicted octanol–water partition coefficient (Wildman–Crippen LogP) is 4.87. The molecule has 0 radical (unpaired) electrons. The maximum atomic E-state index is 5.95. The van der Waals surface area contributed by atoms with Crippen molar-refractivity contribution in [2.24, 2.45) is 0 Å². The highest BCUT2D eigenvalue weighted by Gasteiger charge is 2.25. The molecule has 1 fully saturated rings. The number of hydrogen-bond donors (Lipinski definition) is 0. The lowest BCUT2D eigenvalue weighted by Crippen LogP contribution is -2.07. The van der Waals surface area contributed by atoms with E-state index in [2.05, 4.69) is 72.6 Å². The summed E-state index contributed by atoms with van der Waals surface area (Å²) in [5.74, 6) is 0. The molecule has 0 spiro atoms. The lowest BCUT2D eigenvalue weighted by molar-refractivity contribution is 0.0597. The maximum absolute atomic E-state index is 5.95. The molecule has 1 nitrogen and oxygen atoms in total. The zero-order valence-corrected chi connectivity index (χ0v) is 13.4. The van der Waals surface area contributed by atoms with Crippen molar-refractivity contribution in [1.29, 1.82) is 0 Å². The predicted molar refractivity (Wildman–Crippen MR) is 77.6 cm³/mol. The van der Waals surface area contributed by atoms with Gasteiger partial charge in [0.25, 0.3) is 0 Å². The third-order valence-corrected chi connectivity index (χ3v) is 5.46. The molecule has 2 unspecified atom stereocenters. The van der Waals surface area contributed by atoms with Crippen molar-refractivity contribution in [3.05, 3.63) is 32.7 Å². The van der Waals surface area contributed by atoms with E-state index in [0.717, 1.165) is 19.8 Å². The summed E-state index contributed by atoms with van der Waals surface area (Å²) in [6.07, 6.45) is 3.05. The molecule has 15 heavy (non-hydrogen) atoms. The van der Waals surface area contributed by atoms with Crippen molar-refractivity contribution in [2.45, 2.75) is 25.0 Å². The summed E-state index contributed by atoms with van der Waals surface area (Å²) in [6.45, 7) is 0. The first-order valence-corrected chi connectivity index (χ1v) is 7.98. The monoisotopic (exact) mass is 444 g/mol. The molecular weight excluding hydrogens is 435 g/mol. The fraction of sp³-hybridized carbons (Fsp3) is 0.455. The summed E-state index contributed by atoms with van der Waals surface area (Å²) in [4.78, 5) is 0. The van der Waals surface area contributed by atoms with Crippen LogP contribution in [-0.4, -0.2) is 10.5 Å². The molecule has 1 aliphatic rings.